The highest BCUT2D eigenvalue weighted by Crippen LogP contribution is 2.19. The maximum atomic E-state index is 13.0. The molecule has 0 saturated carbocycles. The second-order valence-corrected chi connectivity index (χ2v) is 8.49. The fraction of sp³-hybridized carbons (Fsp3) is 0.207. The van der Waals surface area contributed by atoms with Crippen molar-refractivity contribution in [3.8, 4) is 5.75 Å². The van der Waals surface area contributed by atoms with E-state index in [-0.39, 0.29) is 18.1 Å². The number of rotatable bonds is 9. The van der Waals surface area contributed by atoms with Gasteiger partial charge in [0.05, 0.1) is 12.2 Å². The van der Waals surface area contributed by atoms with E-state index in [9.17, 15) is 9.59 Å². The van der Waals surface area contributed by atoms with Crippen molar-refractivity contribution in [1.29, 1.82) is 0 Å². The van der Waals surface area contributed by atoms with Crippen LogP contribution < -0.4 is 10.1 Å². The molecule has 4 rings (SSSR count). The molecule has 1 heterocycles. The predicted octanol–water partition coefficient (Wildman–Crippen LogP) is 4.91. The summed E-state index contributed by atoms with van der Waals surface area (Å²) in [4.78, 5) is 25.0. The van der Waals surface area contributed by atoms with E-state index in [4.69, 9.17) is 4.74 Å². The van der Waals surface area contributed by atoms with Crippen molar-refractivity contribution >= 4 is 11.7 Å². The molecule has 3 aromatic carbocycles. The minimum Gasteiger partial charge on any atom is -0.489 e. The maximum Gasteiger partial charge on any atom is 0.251 e. The van der Waals surface area contributed by atoms with E-state index in [1.807, 2.05) is 91.3 Å². The number of ketones is 1. The highest BCUT2D eigenvalue weighted by Gasteiger charge is 2.17. The van der Waals surface area contributed by atoms with Crippen molar-refractivity contribution in [3.05, 3.63) is 118 Å². The highest BCUT2D eigenvalue weighted by molar-refractivity contribution is 5.97. The molecule has 178 valence electrons. The van der Waals surface area contributed by atoms with Crippen LogP contribution in [-0.4, -0.2) is 28.5 Å². The Morgan fingerprint density at radius 1 is 0.886 bits per heavy atom. The Bertz CT molecular complexity index is 1330. The van der Waals surface area contributed by atoms with E-state index in [1.54, 1.807) is 13.1 Å². The lowest BCUT2D eigenvalue weighted by Gasteiger charge is -2.08. The first-order valence-corrected chi connectivity index (χ1v) is 11.6. The molecule has 6 nitrogen and oxygen atoms in total. The lowest BCUT2D eigenvalue weighted by atomic mass is 10.0. The smallest absolute Gasteiger partial charge is 0.251 e. The third-order valence-corrected chi connectivity index (χ3v) is 6.04. The summed E-state index contributed by atoms with van der Waals surface area (Å²) in [6.45, 7) is 4.89. The number of para-hydroxylation sites is 1. The highest BCUT2D eigenvalue weighted by atomic mass is 16.5. The first-order valence-electron chi connectivity index (χ1n) is 11.6. The molecule has 0 saturated heterocycles. The standard InChI is InChI=1S/C29H29N3O3/c1-20-27(21(2)32(31-20)18-23-8-7-9-25(16-23)29(34)30-3)17-28(33)24-14-12-22(13-15-24)19-35-26-10-5-4-6-11-26/h4-16H,17-19H2,1-3H3,(H,30,34). The summed E-state index contributed by atoms with van der Waals surface area (Å²) in [7, 11) is 1.62. The number of aryl methyl sites for hydroxylation is 1. The van der Waals surface area contributed by atoms with Gasteiger partial charge in [-0.2, -0.15) is 5.10 Å². The van der Waals surface area contributed by atoms with Crippen LogP contribution in [0.4, 0.5) is 0 Å². The summed E-state index contributed by atoms with van der Waals surface area (Å²) in [6.07, 6.45) is 0.288. The number of hydrogen-bond donors (Lipinski definition) is 1. The third-order valence-electron chi connectivity index (χ3n) is 6.04. The number of benzene rings is 3. The third kappa shape index (κ3) is 5.84. The van der Waals surface area contributed by atoms with Crippen LogP contribution >= 0.6 is 0 Å². The summed E-state index contributed by atoms with van der Waals surface area (Å²) in [5, 5.41) is 7.31. The lowest BCUT2D eigenvalue weighted by molar-refractivity contribution is 0.0961. The van der Waals surface area contributed by atoms with Crippen molar-refractivity contribution < 1.29 is 14.3 Å². The van der Waals surface area contributed by atoms with Gasteiger partial charge in [-0.05, 0) is 49.2 Å². The quantitative estimate of drug-likeness (QED) is 0.355. The minimum atomic E-state index is -0.121. The number of nitrogens with one attached hydrogen (secondary N) is 1. The Kier molecular flexibility index (Phi) is 7.41. The normalized spacial score (nSPS) is 10.7. The monoisotopic (exact) mass is 467 g/mol. The predicted molar refractivity (Wildman–Crippen MR) is 136 cm³/mol. The molecule has 1 aromatic heterocycles. The van der Waals surface area contributed by atoms with Gasteiger partial charge in [0, 0.05) is 35.9 Å². The minimum absolute atomic E-state index is 0.0490. The first kappa shape index (κ1) is 24.0. The SMILES string of the molecule is CNC(=O)c1cccc(Cn2nc(C)c(CC(=O)c3ccc(COc4ccccc4)cc3)c2C)c1. The Balaban J connectivity index is 1.42. The second kappa shape index (κ2) is 10.8. The molecule has 0 atom stereocenters. The summed E-state index contributed by atoms with van der Waals surface area (Å²) >= 11 is 0. The number of carbonyl (C=O) groups excluding carboxylic acids is 2. The molecular weight excluding hydrogens is 438 g/mol. The van der Waals surface area contributed by atoms with Gasteiger partial charge in [-0.1, -0.05) is 54.6 Å². The summed E-state index contributed by atoms with van der Waals surface area (Å²) < 4.78 is 7.67. The molecule has 4 aromatic rings. The van der Waals surface area contributed by atoms with Crippen molar-refractivity contribution in [2.24, 2.45) is 0 Å². The average Bonchev–Trinajstić information content (AvgIpc) is 3.15. The van der Waals surface area contributed by atoms with Crippen molar-refractivity contribution in [1.82, 2.24) is 15.1 Å². The van der Waals surface area contributed by atoms with Crippen LogP contribution in [0.25, 0.3) is 0 Å². The van der Waals surface area contributed by atoms with E-state index >= 15 is 0 Å². The molecule has 0 radical (unpaired) electrons. The summed E-state index contributed by atoms with van der Waals surface area (Å²) in [5.74, 6) is 0.744. The van der Waals surface area contributed by atoms with Gasteiger partial charge in [0.15, 0.2) is 5.78 Å². The number of hydrogen-bond acceptors (Lipinski definition) is 4. The van der Waals surface area contributed by atoms with Crippen LogP contribution in [0.3, 0.4) is 0 Å². The van der Waals surface area contributed by atoms with E-state index < -0.39 is 0 Å². The maximum absolute atomic E-state index is 13.0. The molecule has 0 fully saturated rings. The molecule has 0 aliphatic carbocycles. The Morgan fingerprint density at radius 2 is 1.63 bits per heavy atom. The number of amides is 1. The van der Waals surface area contributed by atoms with Crippen LogP contribution in [0, 0.1) is 13.8 Å². The Morgan fingerprint density at radius 3 is 2.34 bits per heavy atom. The van der Waals surface area contributed by atoms with Crippen LogP contribution in [-0.2, 0) is 19.6 Å². The van der Waals surface area contributed by atoms with Crippen LogP contribution in [0.1, 0.15) is 48.8 Å². The zero-order valence-electron chi connectivity index (χ0n) is 20.2. The fourth-order valence-corrected chi connectivity index (χ4v) is 4.00. The molecule has 0 aliphatic rings. The second-order valence-electron chi connectivity index (χ2n) is 8.49. The van der Waals surface area contributed by atoms with Crippen molar-refractivity contribution in [2.45, 2.75) is 33.4 Å². The van der Waals surface area contributed by atoms with Crippen molar-refractivity contribution in [3.63, 3.8) is 0 Å². The van der Waals surface area contributed by atoms with Gasteiger partial charge in [-0.3, -0.25) is 14.3 Å². The molecular formula is C29H29N3O3. The van der Waals surface area contributed by atoms with E-state index in [0.717, 1.165) is 33.8 Å². The molecule has 6 heteroatoms. The molecule has 0 spiro atoms. The van der Waals surface area contributed by atoms with Gasteiger partial charge in [0.2, 0.25) is 0 Å². The fourth-order valence-electron chi connectivity index (χ4n) is 4.00. The van der Waals surface area contributed by atoms with E-state index in [2.05, 4.69) is 10.4 Å². The van der Waals surface area contributed by atoms with Gasteiger partial charge in [-0.15, -0.1) is 0 Å². The zero-order valence-corrected chi connectivity index (χ0v) is 20.2. The Labute approximate surface area is 205 Å². The van der Waals surface area contributed by atoms with E-state index in [0.29, 0.717) is 24.3 Å². The van der Waals surface area contributed by atoms with Crippen LogP contribution in [0.15, 0.2) is 78.9 Å². The summed E-state index contributed by atoms with van der Waals surface area (Å²) in [6, 6.07) is 24.7. The molecule has 1 N–H and O–H groups in total. The van der Waals surface area contributed by atoms with Crippen LogP contribution in [0.2, 0.25) is 0 Å². The molecule has 1 amide bonds. The number of carbonyl (C=O) groups is 2. The number of ether oxygens (including phenoxy) is 1. The molecule has 0 aliphatic heterocycles. The first-order chi connectivity index (χ1) is 16.9. The molecule has 35 heavy (non-hydrogen) atoms. The van der Waals surface area contributed by atoms with Gasteiger partial charge >= 0.3 is 0 Å². The summed E-state index contributed by atoms with van der Waals surface area (Å²) in [5.41, 5.74) is 5.99. The zero-order chi connectivity index (χ0) is 24.8. The lowest BCUT2D eigenvalue weighted by Crippen LogP contribution is -2.18. The Hall–Kier alpha value is -4.19. The largest absolute Gasteiger partial charge is 0.489 e. The molecule has 0 bridgehead atoms. The van der Waals surface area contributed by atoms with Crippen molar-refractivity contribution in [2.75, 3.05) is 7.05 Å². The van der Waals surface area contributed by atoms with Gasteiger partial charge in [-0.25, -0.2) is 0 Å². The average molecular weight is 468 g/mol. The number of nitrogens with zero attached hydrogens (tertiary/aromatic N) is 2. The van der Waals surface area contributed by atoms with Gasteiger partial charge < -0.3 is 10.1 Å². The number of Topliss-reactive ketones (excluding diaryl/α,β-unsaturated/α-hetero) is 1. The van der Waals surface area contributed by atoms with Gasteiger partial charge in [0.25, 0.3) is 5.91 Å². The molecule has 0 unspecified atom stereocenters. The van der Waals surface area contributed by atoms with E-state index in [1.165, 1.54) is 0 Å². The number of aromatic nitrogens is 2. The van der Waals surface area contributed by atoms with Crippen LogP contribution in [0.5, 0.6) is 5.75 Å². The van der Waals surface area contributed by atoms with Gasteiger partial charge in [0.1, 0.15) is 12.4 Å². The topological polar surface area (TPSA) is 73.2 Å².